The van der Waals surface area contributed by atoms with Gasteiger partial charge in [-0.05, 0) is 48.7 Å². The minimum absolute atomic E-state index is 0. The topological polar surface area (TPSA) is 47.9 Å². The van der Waals surface area contributed by atoms with Crippen LogP contribution in [0.2, 0.25) is 15.1 Å². The monoisotopic (exact) mass is 500 g/mol. The fourth-order valence-electron chi connectivity index (χ4n) is 4.05. The number of benzene rings is 2. The van der Waals surface area contributed by atoms with Crippen LogP contribution in [0, 0.1) is 5.92 Å². The number of hydrogen-bond acceptors (Lipinski definition) is 4. The SMILES string of the molecule is C[C@H]1C(C(=O)NN2CCCCC2)=NN(c2ccc(Cl)cc2Cl)[C@H]1c1ccc(Cl)cc1.Cl. The summed E-state index contributed by atoms with van der Waals surface area (Å²) in [5.41, 5.74) is 5.21. The molecule has 2 aliphatic heterocycles. The molecule has 2 aromatic rings. The summed E-state index contributed by atoms with van der Waals surface area (Å²) in [4.78, 5) is 13.1. The van der Waals surface area contributed by atoms with Crippen LogP contribution in [0.15, 0.2) is 47.6 Å². The second-order valence-electron chi connectivity index (χ2n) is 7.70. The number of rotatable bonds is 4. The predicted octanol–water partition coefficient (Wildman–Crippen LogP) is 6.14. The predicted molar refractivity (Wildman–Crippen MR) is 131 cm³/mol. The maximum absolute atomic E-state index is 13.1. The van der Waals surface area contributed by atoms with Crippen molar-refractivity contribution in [1.82, 2.24) is 10.4 Å². The summed E-state index contributed by atoms with van der Waals surface area (Å²) >= 11 is 18.7. The van der Waals surface area contributed by atoms with Gasteiger partial charge in [0.15, 0.2) is 0 Å². The van der Waals surface area contributed by atoms with Crippen LogP contribution in [-0.4, -0.2) is 29.7 Å². The summed E-state index contributed by atoms with van der Waals surface area (Å²) in [7, 11) is 0. The Morgan fingerprint density at radius 3 is 2.29 bits per heavy atom. The minimum Gasteiger partial charge on any atom is -0.284 e. The Labute approximate surface area is 203 Å². The number of nitrogens with zero attached hydrogens (tertiary/aromatic N) is 3. The van der Waals surface area contributed by atoms with Crippen LogP contribution in [0.25, 0.3) is 0 Å². The molecule has 1 fully saturated rings. The third-order valence-corrected chi connectivity index (χ3v) is 6.39. The van der Waals surface area contributed by atoms with E-state index < -0.39 is 0 Å². The van der Waals surface area contributed by atoms with E-state index in [1.807, 2.05) is 47.3 Å². The molecule has 1 saturated heterocycles. The van der Waals surface area contributed by atoms with Crippen molar-refractivity contribution in [2.75, 3.05) is 18.1 Å². The molecular formula is C22H24Cl4N4O. The Hall–Kier alpha value is -1.50. The number of hydrogen-bond donors (Lipinski definition) is 1. The average molecular weight is 502 g/mol. The van der Waals surface area contributed by atoms with Crippen LogP contribution in [0.3, 0.4) is 0 Å². The zero-order chi connectivity index (χ0) is 21.3. The van der Waals surface area contributed by atoms with Crippen LogP contribution in [0.4, 0.5) is 5.69 Å². The minimum atomic E-state index is -0.192. The molecule has 2 aromatic carbocycles. The van der Waals surface area contributed by atoms with Crippen molar-refractivity contribution < 1.29 is 4.79 Å². The van der Waals surface area contributed by atoms with Gasteiger partial charge >= 0.3 is 0 Å². The summed E-state index contributed by atoms with van der Waals surface area (Å²) in [6.07, 6.45) is 3.37. The van der Waals surface area contributed by atoms with Crippen LogP contribution in [-0.2, 0) is 4.79 Å². The van der Waals surface area contributed by atoms with Crippen molar-refractivity contribution in [3.8, 4) is 0 Å². The van der Waals surface area contributed by atoms with E-state index in [0.29, 0.717) is 26.5 Å². The number of carbonyl (C=O) groups excluding carboxylic acids is 1. The Morgan fingerprint density at radius 2 is 1.65 bits per heavy atom. The standard InChI is InChI=1S/C22H23Cl3N4O.ClH/c1-14-20(22(30)27-28-11-3-2-4-12-28)26-29(19-10-9-17(24)13-18(19)25)21(14)15-5-7-16(23)8-6-15;/h5-10,13-14,21H,2-4,11-12H2,1H3,(H,27,30);1H/t14-,21+;/m0./s1. The first kappa shape index (κ1) is 24.1. The van der Waals surface area contributed by atoms with Crippen molar-refractivity contribution in [3.63, 3.8) is 0 Å². The molecule has 166 valence electrons. The highest BCUT2D eigenvalue weighted by Gasteiger charge is 2.40. The third-order valence-electron chi connectivity index (χ3n) is 5.60. The molecular weight excluding hydrogens is 478 g/mol. The maximum Gasteiger partial charge on any atom is 0.282 e. The lowest BCUT2D eigenvalue weighted by atomic mass is 9.91. The Balaban J connectivity index is 0.00000272. The lowest BCUT2D eigenvalue weighted by Gasteiger charge is -2.28. The Morgan fingerprint density at radius 1 is 1.00 bits per heavy atom. The van der Waals surface area contributed by atoms with E-state index in [1.165, 1.54) is 6.42 Å². The second kappa shape index (κ2) is 10.4. The van der Waals surface area contributed by atoms with Gasteiger partial charge in [0.2, 0.25) is 0 Å². The van der Waals surface area contributed by atoms with Gasteiger partial charge in [-0.15, -0.1) is 12.4 Å². The van der Waals surface area contributed by atoms with Gasteiger partial charge in [-0.2, -0.15) is 5.10 Å². The van der Waals surface area contributed by atoms with Crippen LogP contribution in [0.1, 0.15) is 37.8 Å². The number of hydrazine groups is 1. The van der Waals surface area contributed by atoms with Gasteiger partial charge < -0.3 is 0 Å². The third kappa shape index (κ3) is 5.29. The lowest BCUT2D eigenvalue weighted by molar-refractivity contribution is -0.120. The molecule has 2 heterocycles. The van der Waals surface area contributed by atoms with E-state index in [-0.39, 0.29) is 30.3 Å². The van der Waals surface area contributed by atoms with Gasteiger partial charge in [0.25, 0.3) is 5.91 Å². The molecule has 4 rings (SSSR count). The fraction of sp³-hybridized carbons (Fsp3) is 0.364. The van der Waals surface area contributed by atoms with E-state index in [4.69, 9.17) is 39.9 Å². The van der Waals surface area contributed by atoms with Crippen LogP contribution in [0.5, 0.6) is 0 Å². The average Bonchev–Trinajstić information content (AvgIpc) is 3.06. The summed E-state index contributed by atoms with van der Waals surface area (Å²) < 4.78 is 0. The summed E-state index contributed by atoms with van der Waals surface area (Å²) in [5, 5.41) is 10.2. The largest absolute Gasteiger partial charge is 0.284 e. The van der Waals surface area contributed by atoms with E-state index in [2.05, 4.69) is 5.43 Å². The first-order valence-electron chi connectivity index (χ1n) is 10.1. The highest BCUT2D eigenvalue weighted by atomic mass is 35.5. The first-order valence-corrected chi connectivity index (χ1v) is 11.2. The van der Waals surface area contributed by atoms with Gasteiger partial charge in [0, 0.05) is 29.1 Å². The molecule has 9 heteroatoms. The van der Waals surface area contributed by atoms with E-state index in [0.717, 1.165) is 31.5 Å². The van der Waals surface area contributed by atoms with Crippen molar-refractivity contribution in [2.24, 2.45) is 11.0 Å². The van der Waals surface area contributed by atoms with Gasteiger partial charge in [-0.1, -0.05) is 60.3 Å². The van der Waals surface area contributed by atoms with Crippen molar-refractivity contribution in [2.45, 2.75) is 32.2 Å². The molecule has 5 nitrogen and oxygen atoms in total. The number of amides is 1. The van der Waals surface area contributed by atoms with E-state index >= 15 is 0 Å². The van der Waals surface area contributed by atoms with Crippen molar-refractivity contribution >= 4 is 64.5 Å². The zero-order valence-electron chi connectivity index (χ0n) is 17.0. The molecule has 0 aliphatic carbocycles. The maximum atomic E-state index is 13.1. The zero-order valence-corrected chi connectivity index (χ0v) is 20.1. The van der Waals surface area contributed by atoms with E-state index in [9.17, 15) is 4.79 Å². The first-order chi connectivity index (χ1) is 14.4. The molecule has 0 unspecified atom stereocenters. The number of carbonyl (C=O) groups is 1. The molecule has 0 saturated carbocycles. The molecule has 31 heavy (non-hydrogen) atoms. The van der Waals surface area contributed by atoms with Crippen molar-refractivity contribution in [3.05, 3.63) is 63.1 Å². The normalized spacial score (nSPS) is 21.4. The molecule has 1 amide bonds. The lowest BCUT2D eigenvalue weighted by Crippen LogP contribution is -2.48. The van der Waals surface area contributed by atoms with Gasteiger partial charge in [0.1, 0.15) is 5.71 Å². The number of halogens is 4. The van der Waals surface area contributed by atoms with Gasteiger partial charge in [0.05, 0.1) is 16.8 Å². The molecule has 1 N–H and O–H groups in total. The van der Waals surface area contributed by atoms with Crippen LogP contribution >= 0.6 is 47.2 Å². The van der Waals surface area contributed by atoms with Crippen LogP contribution < -0.4 is 10.4 Å². The van der Waals surface area contributed by atoms with Gasteiger partial charge in [-0.25, -0.2) is 5.01 Å². The number of anilines is 1. The smallest absolute Gasteiger partial charge is 0.282 e. The summed E-state index contributed by atoms with van der Waals surface area (Å²) in [6, 6.07) is 12.7. The highest BCUT2D eigenvalue weighted by molar-refractivity contribution is 6.41. The fourth-order valence-corrected chi connectivity index (χ4v) is 4.67. The summed E-state index contributed by atoms with van der Waals surface area (Å²) in [5.74, 6) is -0.321. The molecule has 0 radical (unpaired) electrons. The Bertz CT molecular complexity index is 960. The molecule has 0 spiro atoms. The second-order valence-corrected chi connectivity index (χ2v) is 8.98. The Kier molecular flexibility index (Phi) is 8.11. The molecule has 0 bridgehead atoms. The van der Waals surface area contributed by atoms with E-state index in [1.54, 1.807) is 12.1 Å². The van der Waals surface area contributed by atoms with Gasteiger partial charge in [-0.3, -0.25) is 15.2 Å². The molecule has 2 atom stereocenters. The van der Waals surface area contributed by atoms with Crippen molar-refractivity contribution in [1.29, 1.82) is 0 Å². The molecule has 0 aromatic heterocycles. The highest BCUT2D eigenvalue weighted by Crippen LogP contribution is 2.42. The number of hydrazone groups is 1. The summed E-state index contributed by atoms with van der Waals surface area (Å²) in [6.45, 7) is 3.74. The number of nitrogens with one attached hydrogen (secondary N) is 1. The number of piperidine rings is 1. The quantitative estimate of drug-likeness (QED) is 0.547. The molecule has 2 aliphatic rings.